The molecule has 0 radical (unpaired) electrons. The monoisotopic (exact) mass is 286 g/mol. The van der Waals surface area contributed by atoms with E-state index in [1.807, 2.05) is 0 Å². The van der Waals surface area contributed by atoms with Gasteiger partial charge >= 0.3 is 0 Å². The first-order valence-electron chi connectivity index (χ1n) is 6.43. The number of halogens is 3. The van der Waals surface area contributed by atoms with Crippen molar-refractivity contribution < 1.29 is 13.2 Å². The maximum absolute atomic E-state index is 14.1. The van der Waals surface area contributed by atoms with Crippen molar-refractivity contribution in [2.45, 2.75) is 6.04 Å². The van der Waals surface area contributed by atoms with Crippen molar-refractivity contribution in [2.24, 2.45) is 0 Å². The largest absolute Gasteiger partial charge is 0.319 e. The van der Waals surface area contributed by atoms with Crippen molar-refractivity contribution in [1.29, 1.82) is 0 Å². The van der Waals surface area contributed by atoms with Gasteiger partial charge in [0.15, 0.2) is 0 Å². The zero-order valence-corrected chi connectivity index (χ0v) is 10.7. The summed E-state index contributed by atoms with van der Waals surface area (Å²) in [6, 6.07) is 7.24. The predicted octanol–water partition coefficient (Wildman–Crippen LogP) is 3.92. The van der Waals surface area contributed by atoms with Crippen molar-refractivity contribution in [3.05, 3.63) is 77.4 Å². The molecule has 2 heterocycles. The van der Waals surface area contributed by atoms with E-state index in [0.717, 1.165) is 11.6 Å². The van der Waals surface area contributed by atoms with Gasteiger partial charge in [0.25, 0.3) is 0 Å². The lowest BCUT2D eigenvalue weighted by Gasteiger charge is -2.16. The molecule has 0 N–H and O–H groups in total. The summed E-state index contributed by atoms with van der Waals surface area (Å²) in [5, 5.41) is 0. The highest BCUT2D eigenvalue weighted by Crippen LogP contribution is 2.42. The molecule has 0 bridgehead atoms. The van der Waals surface area contributed by atoms with Gasteiger partial charge in [0.05, 0.1) is 6.04 Å². The second kappa shape index (κ2) is 4.22. The zero-order valence-electron chi connectivity index (χ0n) is 10.7. The lowest BCUT2D eigenvalue weighted by Crippen LogP contribution is -2.09. The Balaban J connectivity index is 1.99. The summed E-state index contributed by atoms with van der Waals surface area (Å²) >= 11 is 0. The molecule has 0 spiro atoms. The normalized spacial score (nSPS) is 15.9. The molecule has 104 valence electrons. The van der Waals surface area contributed by atoms with Gasteiger partial charge in [0.2, 0.25) is 0 Å². The van der Waals surface area contributed by atoms with Gasteiger partial charge in [-0.15, -0.1) is 0 Å². The lowest BCUT2D eigenvalue weighted by atomic mass is 9.97. The molecule has 2 aromatic carbocycles. The van der Waals surface area contributed by atoms with Crippen LogP contribution in [0.25, 0.3) is 11.4 Å². The molecule has 4 rings (SSSR count). The summed E-state index contributed by atoms with van der Waals surface area (Å²) in [6.45, 7) is 0. The maximum atomic E-state index is 14.1. The maximum Gasteiger partial charge on any atom is 0.141 e. The SMILES string of the molecule is Fc1ccc(C2c3cc(F)ccc3-c3nccn32)c(F)c1. The van der Waals surface area contributed by atoms with E-state index in [-0.39, 0.29) is 0 Å². The standard InChI is InChI=1S/C16H9F3N2/c17-9-1-3-11-13(7-9)15(21-6-5-20-16(11)21)12-4-2-10(18)8-14(12)19/h1-8,15H. The molecule has 1 aliphatic rings. The van der Waals surface area contributed by atoms with Crippen LogP contribution in [0.3, 0.4) is 0 Å². The van der Waals surface area contributed by atoms with Crippen molar-refractivity contribution in [3.63, 3.8) is 0 Å². The summed E-state index contributed by atoms with van der Waals surface area (Å²) in [5.41, 5.74) is 1.68. The molecule has 1 unspecified atom stereocenters. The molecular formula is C16H9F3N2. The fourth-order valence-corrected chi connectivity index (χ4v) is 2.88. The zero-order chi connectivity index (χ0) is 14.6. The van der Waals surface area contributed by atoms with Crippen LogP contribution in [-0.2, 0) is 0 Å². The molecule has 0 fully saturated rings. The Morgan fingerprint density at radius 2 is 1.67 bits per heavy atom. The summed E-state index contributed by atoms with van der Waals surface area (Å²) in [4.78, 5) is 4.23. The summed E-state index contributed by atoms with van der Waals surface area (Å²) in [6.07, 6.45) is 3.32. The number of imidazole rings is 1. The summed E-state index contributed by atoms with van der Waals surface area (Å²) < 4.78 is 42.6. The number of rotatable bonds is 1. The summed E-state index contributed by atoms with van der Waals surface area (Å²) in [7, 11) is 0. The molecule has 0 aliphatic carbocycles. The number of hydrogen-bond donors (Lipinski definition) is 0. The minimum Gasteiger partial charge on any atom is -0.319 e. The third-order valence-corrected chi connectivity index (χ3v) is 3.75. The average Bonchev–Trinajstić information content (AvgIpc) is 3.00. The quantitative estimate of drug-likeness (QED) is 0.518. The molecule has 0 saturated heterocycles. The minimum absolute atomic E-state index is 0.292. The number of fused-ring (bicyclic) bond motifs is 3. The van der Waals surface area contributed by atoms with Gasteiger partial charge in [-0.2, -0.15) is 0 Å². The Labute approximate surface area is 118 Å². The first-order chi connectivity index (χ1) is 10.1. The highest BCUT2D eigenvalue weighted by molar-refractivity contribution is 5.68. The molecule has 1 aromatic heterocycles. The van der Waals surface area contributed by atoms with Crippen LogP contribution < -0.4 is 0 Å². The Morgan fingerprint density at radius 3 is 2.48 bits per heavy atom. The number of hydrogen-bond acceptors (Lipinski definition) is 1. The second-order valence-corrected chi connectivity index (χ2v) is 4.96. The van der Waals surface area contributed by atoms with Gasteiger partial charge < -0.3 is 4.57 Å². The Morgan fingerprint density at radius 1 is 0.905 bits per heavy atom. The van der Waals surface area contributed by atoms with Crippen LogP contribution in [0.15, 0.2) is 48.8 Å². The summed E-state index contributed by atoms with van der Waals surface area (Å²) in [5.74, 6) is -1.04. The van der Waals surface area contributed by atoms with Crippen LogP contribution in [0.2, 0.25) is 0 Å². The highest BCUT2D eigenvalue weighted by atomic mass is 19.1. The van der Waals surface area contributed by atoms with Crippen LogP contribution in [0, 0.1) is 17.5 Å². The van der Waals surface area contributed by atoms with E-state index in [4.69, 9.17) is 0 Å². The number of benzene rings is 2. The van der Waals surface area contributed by atoms with Gasteiger partial charge in [-0.05, 0) is 29.8 Å². The fraction of sp³-hybridized carbons (Fsp3) is 0.0625. The third-order valence-electron chi connectivity index (χ3n) is 3.75. The van der Waals surface area contributed by atoms with Gasteiger partial charge in [-0.3, -0.25) is 0 Å². The minimum atomic E-state index is -0.656. The molecule has 21 heavy (non-hydrogen) atoms. The van der Waals surface area contributed by atoms with Gasteiger partial charge in [-0.1, -0.05) is 6.07 Å². The van der Waals surface area contributed by atoms with Gasteiger partial charge in [0.1, 0.15) is 23.3 Å². The van der Waals surface area contributed by atoms with E-state index in [1.165, 1.54) is 24.3 Å². The van der Waals surface area contributed by atoms with Gasteiger partial charge in [0, 0.05) is 29.6 Å². The average molecular weight is 286 g/mol. The first kappa shape index (κ1) is 12.2. The molecule has 1 atom stereocenters. The molecule has 0 amide bonds. The van der Waals surface area contributed by atoms with E-state index in [2.05, 4.69) is 4.98 Å². The van der Waals surface area contributed by atoms with E-state index in [1.54, 1.807) is 23.0 Å². The van der Waals surface area contributed by atoms with Crippen LogP contribution in [0.1, 0.15) is 17.2 Å². The predicted molar refractivity (Wildman–Crippen MR) is 71.2 cm³/mol. The molecular weight excluding hydrogens is 277 g/mol. The van der Waals surface area contributed by atoms with Crippen molar-refractivity contribution >= 4 is 0 Å². The van der Waals surface area contributed by atoms with E-state index >= 15 is 0 Å². The van der Waals surface area contributed by atoms with Crippen LogP contribution in [-0.4, -0.2) is 9.55 Å². The molecule has 0 saturated carbocycles. The van der Waals surface area contributed by atoms with Crippen LogP contribution >= 0.6 is 0 Å². The molecule has 1 aliphatic heterocycles. The number of aromatic nitrogens is 2. The topological polar surface area (TPSA) is 17.8 Å². The Kier molecular flexibility index (Phi) is 2.45. The van der Waals surface area contributed by atoms with E-state index in [9.17, 15) is 13.2 Å². The number of nitrogens with zero attached hydrogens (tertiary/aromatic N) is 2. The fourth-order valence-electron chi connectivity index (χ4n) is 2.88. The molecule has 3 aromatic rings. The third kappa shape index (κ3) is 1.70. The second-order valence-electron chi connectivity index (χ2n) is 4.96. The van der Waals surface area contributed by atoms with E-state index < -0.39 is 23.5 Å². The Bertz CT molecular complexity index is 854. The van der Waals surface area contributed by atoms with Gasteiger partial charge in [-0.25, -0.2) is 18.2 Å². The molecule has 5 heteroatoms. The lowest BCUT2D eigenvalue weighted by molar-refractivity contribution is 0.554. The van der Waals surface area contributed by atoms with Crippen molar-refractivity contribution in [2.75, 3.05) is 0 Å². The van der Waals surface area contributed by atoms with Crippen molar-refractivity contribution in [1.82, 2.24) is 9.55 Å². The van der Waals surface area contributed by atoms with E-state index in [0.29, 0.717) is 17.0 Å². The molecule has 2 nitrogen and oxygen atoms in total. The first-order valence-corrected chi connectivity index (χ1v) is 6.43. The van der Waals surface area contributed by atoms with Crippen molar-refractivity contribution in [3.8, 4) is 11.4 Å². The van der Waals surface area contributed by atoms with Crippen LogP contribution in [0.4, 0.5) is 13.2 Å². The highest BCUT2D eigenvalue weighted by Gasteiger charge is 2.32. The smallest absolute Gasteiger partial charge is 0.141 e. The Hall–Kier alpha value is -2.56. The van der Waals surface area contributed by atoms with Crippen LogP contribution in [0.5, 0.6) is 0 Å².